The maximum absolute atomic E-state index is 11.4. The molecule has 0 bridgehead atoms. The molecule has 2 heterocycles. The molecule has 2 aromatic heterocycles. The van der Waals surface area contributed by atoms with Gasteiger partial charge in [-0.15, -0.1) is 0 Å². The van der Waals surface area contributed by atoms with Gasteiger partial charge in [0, 0.05) is 34.3 Å². The fraction of sp³-hybridized carbons (Fsp3) is 0.312. The molecule has 1 N–H and O–H groups in total. The molecule has 6 heteroatoms. The summed E-state index contributed by atoms with van der Waals surface area (Å²) in [6.45, 7) is 0. The Kier molecular flexibility index (Phi) is 2.96. The van der Waals surface area contributed by atoms with Gasteiger partial charge in [-0.3, -0.25) is 14.3 Å². The highest BCUT2D eigenvalue weighted by Gasteiger charge is 2.20. The van der Waals surface area contributed by atoms with E-state index in [9.17, 15) is 9.59 Å². The van der Waals surface area contributed by atoms with Gasteiger partial charge in [0.1, 0.15) is 0 Å². The van der Waals surface area contributed by atoms with Crippen molar-refractivity contribution in [2.24, 2.45) is 0 Å². The van der Waals surface area contributed by atoms with E-state index in [4.69, 9.17) is 0 Å². The van der Waals surface area contributed by atoms with E-state index in [-0.39, 0.29) is 0 Å². The molecule has 0 saturated heterocycles. The van der Waals surface area contributed by atoms with Crippen molar-refractivity contribution in [3.05, 3.63) is 40.5 Å². The molecule has 0 unspecified atom stereocenters. The first-order valence-corrected chi connectivity index (χ1v) is 7.42. The van der Waals surface area contributed by atoms with E-state index in [2.05, 4.69) is 19.2 Å². The van der Waals surface area contributed by atoms with Gasteiger partial charge in [-0.2, -0.15) is 0 Å². The van der Waals surface area contributed by atoms with Gasteiger partial charge in [0.25, 0.3) is 0 Å². The molecule has 3 aromatic rings. The van der Waals surface area contributed by atoms with Gasteiger partial charge in [0.05, 0.1) is 0 Å². The quantitative estimate of drug-likeness (QED) is 0.754. The van der Waals surface area contributed by atoms with Gasteiger partial charge in [0.15, 0.2) is 12.1 Å². The van der Waals surface area contributed by atoms with Crippen LogP contribution in [0, 0.1) is 0 Å². The second kappa shape index (κ2) is 4.98. The van der Waals surface area contributed by atoms with Crippen LogP contribution in [0.2, 0.25) is 0 Å². The summed E-state index contributed by atoms with van der Waals surface area (Å²) in [5.41, 5.74) is 2.43. The van der Waals surface area contributed by atoms with Crippen LogP contribution in [0.3, 0.4) is 0 Å². The lowest BCUT2D eigenvalue weighted by molar-refractivity contribution is 0.112. The zero-order valence-electron chi connectivity index (χ0n) is 11.9. The molecule has 112 valence electrons. The first-order valence-electron chi connectivity index (χ1n) is 7.42. The summed E-state index contributed by atoms with van der Waals surface area (Å²) in [7, 11) is 0. The molecule has 1 aliphatic rings. The van der Waals surface area contributed by atoms with Gasteiger partial charge in [-0.25, -0.2) is 4.79 Å². The van der Waals surface area contributed by atoms with Crippen molar-refractivity contribution in [3.63, 3.8) is 0 Å². The lowest BCUT2D eigenvalue weighted by Gasteiger charge is -2.13. The Morgan fingerprint density at radius 3 is 2.82 bits per heavy atom. The predicted octanol–water partition coefficient (Wildman–Crippen LogP) is 2.91. The van der Waals surface area contributed by atoms with E-state index in [1.54, 1.807) is 0 Å². The van der Waals surface area contributed by atoms with E-state index < -0.39 is 5.76 Å². The van der Waals surface area contributed by atoms with Crippen LogP contribution in [0.1, 0.15) is 42.1 Å². The number of aromatic nitrogens is 3. The second-order valence-corrected chi connectivity index (χ2v) is 5.72. The summed E-state index contributed by atoms with van der Waals surface area (Å²) in [4.78, 5) is 25.0. The minimum atomic E-state index is -0.589. The van der Waals surface area contributed by atoms with Crippen LogP contribution in [-0.4, -0.2) is 21.0 Å². The van der Waals surface area contributed by atoms with Gasteiger partial charge in [0.2, 0.25) is 0 Å². The van der Waals surface area contributed by atoms with Gasteiger partial charge in [-0.05, 0) is 31.0 Å². The van der Waals surface area contributed by atoms with Gasteiger partial charge >= 0.3 is 5.76 Å². The number of hydrogen-bond acceptors (Lipinski definition) is 4. The third kappa shape index (κ3) is 1.99. The highest BCUT2D eigenvalue weighted by atomic mass is 16.5. The number of fused-ring (bicyclic) bond motifs is 1. The van der Waals surface area contributed by atoms with Crippen LogP contribution in [0.5, 0.6) is 0 Å². The summed E-state index contributed by atoms with van der Waals surface area (Å²) in [5, 5.41) is 4.57. The Hall–Kier alpha value is -2.63. The minimum absolute atomic E-state index is 0.373. The molecule has 4 rings (SSSR count). The van der Waals surface area contributed by atoms with Crippen molar-refractivity contribution in [2.75, 3.05) is 0 Å². The molecule has 0 atom stereocenters. The molecule has 1 fully saturated rings. The van der Waals surface area contributed by atoms with Crippen LogP contribution in [0.25, 0.3) is 22.3 Å². The van der Waals surface area contributed by atoms with Crippen molar-refractivity contribution in [2.45, 2.75) is 31.7 Å². The highest BCUT2D eigenvalue weighted by molar-refractivity contribution is 5.99. The first-order chi connectivity index (χ1) is 10.8. The van der Waals surface area contributed by atoms with Crippen molar-refractivity contribution in [3.8, 4) is 11.4 Å². The lowest BCUT2D eigenvalue weighted by atomic mass is 10.1. The lowest BCUT2D eigenvalue weighted by Crippen LogP contribution is -2.02. The maximum atomic E-state index is 11.4. The molecular formula is C16H15N3O3. The van der Waals surface area contributed by atoms with Crippen LogP contribution in [-0.2, 0) is 0 Å². The normalized spacial score (nSPS) is 15.6. The third-order valence-corrected chi connectivity index (χ3v) is 4.42. The molecule has 22 heavy (non-hydrogen) atoms. The van der Waals surface area contributed by atoms with Gasteiger partial charge in [-0.1, -0.05) is 18.0 Å². The van der Waals surface area contributed by atoms with Crippen molar-refractivity contribution < 1.29 is 9.32 Å². The number of hydrogen-bond donors (Lipinski definition) is 1. The summed E-state index contributed by atoms with van der Waals surface area (Å²) in [5.74, 6) is -0.216. The largest absolute Gasteiger partial charge is 0.439 e. The summed E-state index contributed by atoms with van der Waals surface area (Å²) < 4.78 is 6.75. The second-order valence-electron chi connectivity index (χ2n) is 5.72. The zero-order valence-corrected chi connectivity index (χ0v) is 11.9. The fourth-order valence-corrected chi connectivity index (χ4v) is 3.36. The average Bonchev–Trinajstić information content (AvgIpc) is 3.25. The number of H-pyrrole nitrogens is 1. The topological polar surface area (TPSA) is 80.9 Å². The number of aromatic amines is 1. The monoisotopic (exact) mass is 297 g/mol. The van der Waals surface area contributed by atoms with Gasteiger partial charge < -0.3 is 4.57 Å². The third-order valence-electron chi connectivity index (χ3n) is 4.42. The smallest absolute Gasteiger partial charge is 0.344 e. The number of rotatable bonds is 3. The number of benzene rings is 1. The standard InChI is InChI=1S/C16H15N3O3/c20-9-11-8-19(12-3-1-2-4-12)14-6-5-10(7-13(11)14)15-17-16(21)22-18-15/h5-9,12H,1-4H2,(H,17,18,21). The van der Waals surface area contributed by atoms with Crippen molar-refractivity contribution >= 4 is 17.2 Å². The highest BCUT2D eigenvalue weighted by Crippen LogP contribution is 2.35. The Bertz CT molecular complexity index is 897. The molecular weight excluding hydrogens is 282 g/mol. The molecule has 6 nitrogen and oxygen atoms in total. The molecule has 1 aromatic carbocycles. The van der Waals surface area contributed by atoms with Crippen molar-refractivity contribution in [1.29, 1.82) is 0 Å². The molecule has 0 spiro atoms. The molecule has 1 aliphatic carbocycles. The van der Waals surface area contributed by atoms with E-state index in [1.165, 1.54) is 12.8 Å². The number of carbonyl (C=O) groups is 1. The predicted molar refractivity (Wildman–Crippen MR) is 80.9 cm³/mol. The van der Waals surface area contributed by atoms with Crippen LogP contribution >= 0.6 is 0 Å². The van der Waals surface area contributed by atoms with E-state index >= 15 is 0 Å². The number of nitrogens with zero attached hydrogens (tertiary/aromatic N) is 2. The molecule has 0 aliphatic heterocycles. The zero-order chi connectivity index (χ0) is 15.1. The SMILES string of the molecule is O=Cc1cn(C2CCCC2)c2ccc(-c3noc(=O)[nH]3)cc12. The van der Waals surface area contributed by atoms with E-state index in [1.807, 2.05) is 24.4 Å². The first kappa shape index (κ1) is 13.1. The van der Waals surface area contributed by atoms with Crippen molar-refractivity contribution in [1.82, 2.24) is 14.7 Å². The summed E-state index contributed by atoms with van der Waals surface area (Å²) in [6.07, 6.45) is 7.59. The minimum Gasteiger partial charge on any atom is -0.344 e. The maximum Gasteiger partial charge on any atom is 0.439 e. The molecule has 1 saturated carbocycles. The van der Waals surface area contributed by atoms with E-state index in [0.29, 0.717) is 17.4 Å². The Morgan fingerprint density at radius 1 is 1.32 bits per heavy atom. The van der Waals surface area contributed by atoms with E-state index in [0.717, 1.165) is 35.6 Å². The number of carbonyl (C=O) groups excluding carboxylic acids is 1. The Labute approximate surface area is 125 Å². The average molecular weight is 297 g/mol. The van der Waals surface area contributed by atoms with Crippen LogP contribution in [0.15, 0.2) is 33.7 Å². The number of aldehydes is 1. The molecule has 0 amide bonds. The summed E-state index contributed by atoms with van der Waals surface area (Å²) >= 11 is 0. The Morgan fingerprint density at radius 2 is 2.14 bits per heavy atom. The van der Waals surface area contributed by atoms with Crippen LogP contribution < -0.4 is 5.76 Å². The Balaban J connectivity index is 1.88. The number of nitrogens with one attached hydrogen (secondary N) is 1. The van der Waals surface area contributed by atoms with Crippen LogP contribution in [0.4, 0.5) is 0 Å². The fourth-order valence-electron chi connectivity index (χ4n) is 3.36. The summed E-state index contributed by atoms with van der Waals surface area (Å²) in [6, 6.07) is 6.20. The molecule has 0 radical (unpaired) electrons.